The second-order valence-electron chi connectivity index (χ2n) is 7.24. The van der Waals surface area contributed by atoms with Crippen molar-refractivity contribution in [3.63, 3.8) is 0 Å². The molecule has 0 fully saturated rings. The zero-order valence-electron chi connectivity index (χ0n) is 18.2. The van der Waals surface area contributed by atoms with Crippen molar-refractivity contribution in [2.75, 3.05) is 26.6 Å². The Bertz CT molecular complexity index is 1260. The number of nitrogens with zero attached hydrogens (tertiary/aromatic N) is 1. The maximum Gasteiger partial charge on any atom is 0.257 e. The third kappa shape index (κ3) is 4.38. The Morgan fingerprint density at radius 3 is 2.52 bits per heavy atom. The molecule has 10 heteroatoms. The molecule has 4 rings (SSSR count). The fourth-order valence-corrected chi connectivity index (χ4v) is 4.69. The highest BCUT2D eigenvalue weighted by Crippen LogP contribution is 2.46. The van der Waals surface area contributed by atoms with Crippen LogP contribution in [0.1, 0.15) is 29.0 Å². The number of nitrogens with one attached hydrogen (secondary N) is 2. The number of thioether (sulfide) groups is 1. The maximum atomic E-state index is 13.9. The quantitative estimate of drug-likeness (QED) is 0.400. The van der Waals surface area contributed by atoms with Gasteiger partial charge in [0.2, 0.25) is 11.7 Å². The molecular weight excluding hydrogens is 449 g/mol. The Morgan fingerprint density at radius 2 is 1.82 bits per heavy atom. The molecule has 0 saturated heterocycles. The fourth-order valence-electron chi connectivity index (χ4n) is 3.85. The number of rotatable bonds is 7. The van der Waals surface area contributed by atoms with Gasteiger partial charge < -0.3 is 24.5 Å². The number of H-pyrrole nitrogens is 1. The molecule has 1 aliphatic rings. The predicted molar refractivity (Wildman–Crippen MR) is 122 cm³/mol. The van der Waals surface area contributed by atoms with Gasteiger partial charge in [0, 0.05) is 23.7 Å². The van der Waals surface area contributed by atoms with Crippen LogP contribution in [0.5, 0.6) is 17.2 Å². The highest BCUT2D eigenvalue weighted by molar-refractivity contribution is 7.98. The Morgan fingerprint density at radius 1 is 1.06 bits per heavy atom. The summed E-state index contributed by atoms with van der Waals surface area (Å²) >= 11 is 1.17. The molecule has 0 aliphatic carbocycles. The predicted octanol–water partition coefficient (Wildman–Crippen LogP) is 3.70. The summed E-state index contributed by atoms with van der Waals surface area (Å²) < 4.78 is 30.3. The molecule has 1 amide bonds. The highest BCUT2D eigenvalue weighted by atomic mass is 32.2. The number of benzene rings is 2. The van der Waals surface area contributed by atoms with Crippen LogP contribution in [-0.2, 0) is 10.5 Å². The van der Waals surface area contributed by atoms with E-state index in [9.17, 15) is 14.0 Å². The zero-order valence-corrected chi connectivity index (χ0v) is 19.0. The van der Waals surface area contributed by atoms with Gasteiger partial charge >= 0.3 is 0 Å². The Kier molecular flexibility index (Phi) is 6.55. The minimum atomic E-state index is -0.606. The van der Waals surface area contributed by atoms with Crippen molar-refractivity contribution in [1.82, 2.24) is 9.97 Å². The monoisotopic (exact) mass is 471 g/mol. The van der Waals surface area contributed by atoms with Gasteiger partial charge in [-0.3, -0.25) is 9.59 Å². The zero-order chi connectivity index (χ0) is 23.5. The van der Waals surface area contributed by atoms with Gasteiger partial charge in [-0.1, -0.05) is 36.0 Å². The van der Waals surface area contributed by atoms with E-state index in [0.29, 0.717) is 33.9 Å². The summed E-state index contributed by atoms with van der Waals surface area (Å²) in [7, 11) is 4.48. The number of hydrogen-bond donors (Lipinski definition) is 2. The molecule has 0 bridgehead atoms. The van der Waals surface area contributed by atoms with Gasteiger partial charge in [-0.25, -0.2) is 9.37 Å². The lowest BCUT2D eigenvalue weighted by Crippen LogP contribution is -2.31. The number of aromatic nitrogens is 2. The summed E-state index contributed by atoms with van der Waals surface area (Å²) in [6.07, 6.45) is 0.0331. The van der Waals surface area contributed by atoms with Crippen LogP contribution < -0.4 is 25.1 Å². The topological polar surface area (TPSA) is 103 Å². The molecule has 172 valence electrons. The molecule has 1 aliphatic heterocycles. The molecule has 1 unspecified atom stereocenters. The van der Waals surface area contributed by atoms with E-state index in [1.165, 1.54) is 39.2 Å². The number of hydrogen-bond acceptors (Lipinski definition) is 7. The van der Waals surface area contributed by atoms with Gasteiger partial charge in [0.25, 0.3) is 5.56 Å². The van der Waals surface area contributed by atoms with Crippen molar-refractivity contribution in [3.8, 4) is 17.2 Å². The number of methoxy groups -OCH3 is 3. The van der Waals surface area contributed by atoms with Gasteiger partial charge in [0.15, 0.2) is 16.7 Å². The maximum absolute atomic E-state index is 13.9. The summed E-state index contributed by atoms with van der Waals surface area (Å²) in [5.41, 5.74) is 1.01. The van der Waals surface area contributed by atoms with Gasteiger partial charge in [0.05, 0.1) is 26.9 Å². The summed E-state index contributed by atoms with van der Waals surface area (Å²) in [6, 6.07) is 9.83. The molecule has 8 nitrogen and oxygen atoms in total. The molecule has 0 spiro atoms. The summed E-state index contributed by atoms with van der Waals surface area (Å²) in [4.78, 5) is 32.8. The third-order valence-electron chi connectivity index (χ3n) is 5.36. The van der Waals surface area contributed by atoms with Crippen LogP contribution in [0.3, 0.4) is 0 Å². The van der Waals surface area contributed by atoms with Crippen LogP contribution in [0.25, 0.3) is 0 Å². The van der Waals surface area contributed by atoms with Crippen LogP contribution in [-0.4, -0.2) is 37.2 Å². The van der Waals surface area contributed by atoms with E-state index in [1.54, 1.807) is 30.3 Å². The molecule has 2 N–H and O–H groups in total. The number of carbonyl (C=O) groups excluding carboxylic acids is 1. The molecular formula is C23H22FN3O5S. The number of halogens is 1. The van der Waals surface area contributed by atoms with Crippen LogP contribution in [0, 0.1) is 5.82 Å². The lowest BCUT2D eigenvalue weighted by molar-refractivity contribution is -0.116. The van der Waals surface area contributed by atoms with E-state index in [2.05, 4.69) is 15.3 Å². The molecule has 1 aromatic heterocycles. The smallest absolute Gasteiger partial charge is 0.257 e. The normalized spacial score (nSPS) is 14.9. The summed E-state index contributed by atoms with van der Waals surface area (Å²) in [5, 5.41) is 2.96. The third-order valence-corrected chi connectivity index (χ3v) is 6.28. The Balaban J connectivity index is 1.74. The molecule has 3 aromatic rings. The fraction of sp³-hybridized carbons (Fsp3) is 0.261. The van der Waals surface area contributed by atoms with Crippen LogP contribution >= 0.6 is 11.8 Å². The van der Waals surface area contributed by atoms with Crippen LogP contribution in [0.4, 0.5) is 10.2 Å². The Labute approximate surface area is 193 Å². The lowest BCUT2D eigenvalue weighted by Gasteiger charge is -2.26. The largest absolute Gasteiger partial charge is 0.493 e. The molecule has 33 heavy (non-hydrogen) atoms. The van der Waals surface area contributed by atoms with Crippen molar-refractivity contribution >= 4 is 23.5 Å². The van der Waals surface area contributed by atoms with E-state index in [0.717, 1.165) is 0 Å². The number of carbonyl (C=O) groups is 1. The molecule has 2 aromatic carbocycles. The second-order valence-corrected chi connectivity index (χ2v) is 8.21. The first-order valence-corrected chi connectivity index (χ1v) is 11.0. The lowest BCUT2D eigenvalue weighted by atomic mass is 9.86. The summed E-state index contributed by atoms with van der Waals surface area (Å²) in [6.45, 7) is 0. The van der Waals surface area contributed by atoms with Crippen molar-refractivity contribution in [1.29, 1.82) is 0 Å². The van der Waals surface area contributed by atoms with Gasteiger partial charge in [-0.05, 0) is 17.7 Å². The molecule has 0 saturated carbocycles. The number of anilines is 1. The minimum Gasteiger partial charge on any atom is -0.493 e. The van der Waals surface area contributed by atoms with E-state index in [-0.39, 0.29) is 34.9 Å². The van der Waals surface area contributed by atoms with Gasteiger partial charge in [0.1, 0.15) is 11.6 Å². The van der Waals surface area contributed by atoms with Crippen molar-refractivity contribution in [3.05, 3.63) is 69.3 Å². The minimum absolute atomic E-state index is 0.0331. The number of ether oxygens (including phenoxy) is 3. The van der Waals surface area contributed by atoms with E-state index >= 15 is 0 Å². The van der Waals surface area contributed by atoms with Gasteiger partial charge in [-0.2, -0.15) is 0 Å². The van der Waals surface area contributed by atoms with E-state index in [4.69, 9.17) is 14.2 Å². The average molecular weight is 472 g/mol. The number of aromatic amines is 1. The van der Waals surface area contributed by atoms with Crippen LogP contribution in [0.15, 0.2) is 46.3 Å². The first kappa shape index (κ1) is 22.7. The van der Waals surface area contributed by atoms with Crippen molar-refractivity contribution < 1.29 is 23.4 Å². The molecule has 2 heterocycles. The van der Waals surface area contributed by atoms with Crippen molar-refractivity contribution in [2.24, 2.45) is 0 Å². The SMILES string of the molecule is COc1ccc(C2CC(=O)Nc3nc(SCc4ccccc4F)[nH]c(=O)c32)c(OC)c1OC. The van der Waals surface area contributed by atoms with Crippen molar-refractivity contribution in [2.45, 2.75) is 23.2 Å². The average Bonchev–Trinajstić information content (AvgIpc) is 2.81. The number of fused-ring (bicyclic) bond motifs is 1. The van der Waals surface area contributed by atoms with Crippen LogP contribution in [0.2, 0.25) is 0 Å². The number of amides is 1. The Hall–Kier alpha value is -3.53. The first-order chi connectivity index (χ1) is 16.0. The van der Waals surface area contributed by atoms with E-state index < -0.39 is 11.5 Å². The summed E-state index contributed by atoms with van der Waals surface area (Å²) in [5.74, 6) is 0.428. The highest BCUT2D eigenvalue weighted by Gasteiger charge is 2.34. The standard InChI is InChI=1S/C23H22FN3O5S/c1-30-16-9-8-13(19(31-2)20(16)32-3)14-10-17(28)25-21-18(14)22(29)27-23(26-21)33-11-12-6-4-5-7-15(12)24/h4-9,14H,10-11H2,1-3H3,(H2,25,26,27,28,29). The van der Waals surface area contributed by atoms with Gasteiger partial charge in [-0.15, -0.1) is 0 Å². The molecule has 0 radical (unpaired) electrons. The molecule has 1 atom stereocenters. The first-order valence-electron chi connectivity index (χ1n) is 10.1. The van der Waals surface area contributed by atoms with E-state index in [1.807, 2.05) is 0 Å². The second kappa shape index (κ2) is 9.53.